The van der Waals surface area contributed by atoms with Gasteiger partial charge in [0.1, 0.15) is 5.75 Å². The van der Waals surface area contributed by atoms with Gasteiger partial charge in [-0.15, -0.1) is 0 Å². The summed E-state index contributed by atoms with van der Waals surface area (Å²) in [5, 5.41) is 1.89. The molecule has 22 heavy (non-hydrogen) atoms. The molecule has 0 spiro atoms. The van der Waals surface area contributed by atoms with Gasteiger partial charge < -0.3 is 15.2 Å². The van der Waals surface area contributed by atoms with Crippen molar-refractivity contribution in [1.29, 1.82) is 0 Å². The second kappa shape index (κ2) is 8.38. The summed E-state index contributed by atoms with van der Waals surface area (Å²) in [5.74, 6) is -1.32. The Morgan fingerprint density at radius 1 is 1.23 bits per heavy atom. The average molecular weight is 373 g/mol. The number of rotatable bonds is 6. The topological polar surface area (TPSA) is 108 Å². The maximum absolute atomic E-state index is 11.7. The van der Waals surface area contributed by atoms with Gasteiger partial charge in [0.2, 0.25) is 0 Å². The van der Waals surface area contributed by atoms with E-state index >= 15 is 0 Å². The van der Waals surface area contributed by atoms with E-state index in [-0.39, 0.29) is 12.5 Å². The molecule has 0 fully saturated rings. The third-order valence-electron chi connectivity index (χ3n) is 2.54. The Kier molecular flexibility index (Phi) is 6.84. The van der Waals surface area contributed by atoms with E-state index in [1.807, 2.05) is 5.32 Å². The molecule has 0 radical (unpaired) electrons. The van der Waals surface area contributed by atoms with Gasteiger partial charge in [-0.3, -0.25) is 10.1 Å². The highest BCUT2D eigenvalue weighted by Gasteiger charge is 2.27. The van der Waals surface area contributed by atoms with Gasteiger partial charge in [0, 0.05) is 4.47 Å². The van der Waals surface area contributed by atoms with Crippen LogP contribution in [0.5, 0.6) is 5.75 Å². The first kappa shape index (κ1) is 18.0. The van der Waals surface area contributed by atoms with E-state index in [0.29, 0.717) is 5.75 Å². The van der Waals surface area contributed by atoms with Crippen LogP contribution in [-0.4, -0.2) is 30.6 Å². The molecule has 0 heterocycles. The largest absolute Gasteiger partial charge is 0.482 e. The van der Waals surface area contributed by atoms with E-state index in [0.717, 1.165) is 4.47 Å². The standard InChI is InChI=1S/C14H17BrN2O5/c1-8(2)12(13(19)17-14(16)20)22-11(18)7-21-10-5-3-9(15)4-6-10/h3-6,8,12H,7H2,1-2H3,(H3,16,17,19,20). The first-order valence-corrected chi connectivity index (χ1v) is 7.27. The van der Waals surface area contributed by atoms with E-state index in [9.17, 15) is 14.4 Å². The van der Waals surface area contributed by atoms with Gasteiger partial charge >= 0.3 is 12.0 Å². The van der Waals surface area contributed by atoms with Crippen LogP contribution in [0.25, 0.3) is 0 Å². The summed E-state index contributed by atoms with van der Waals surface area (Å²) in [6, 6.07) is 5.88. The van der Waals surface area contributed by atoms with Crippen molar-refractivity contribution in [2.75, 3.05) is 6.61 Å². The minimum absolute atomic E-state index is 0.323. The number of carbonyl (C=O) groups excluding carboxylic acids is 3. The van der Waals surface area contributed by atoms with Gasteiger partial charge in [0.15, 0.2) is 12.7 Å². The van der Waals surface area contributed by atoms with E-state index in [4.69, 9.17) is 15.2 Å². The fraction of sp³-hybridized carbons (Fsp3) is 0.357. The summed E-state index contributed by atoms with van der Waals surface area (Å²) < 4.78 is 11.2. The van der Waals surface area contributed by atoms with Crippen LogP contribution < -0.4 is 15.8 Å². The van der Waals surface area contributed by atoms with E-state index in [1.165, 1.54) is 0 Å². The normalized spacial score (nSPS) is 11.6. The van der Waals surface area contributed by atoms with Gasteiger partial charge in [-0.25, -0.2) is 9.59 Å². The molecule has 1 rings (SSSR count). The molecule has 8 heteroatoms. The zero-order valence-electron chi connectivity index (χ0n) is 12.2. The third-order valence-corrected chi connectivity index (χ3v) is 3.07. The monoisotopic (exact) mass is 372 g/mol. The Hall–Kier alpha value is -2.09. The molecule has 1 aromatic carbocycles. The van der Waals surface area contributed by atoms with Crippen molar-refractivity contribution in [3.05, 3.63) is 28.7 Å². The Morgan fingerprint density at radius 3 is 2.32 bits per heavy atom. The van der Waals surface area contributed by atoms with Crippen molar-refractivity contribution in [3.8, 4) is 5.75 Å². The molecule has 0 saturated carbocycles. The molecular weight excluding hydrogens is 356 g/mol. The summed E-state index contributed by atoms with van der Waals surface area (Å²) in [6.07, 6.45) is -1.12. The molecule has 1 unspecified atom stereocenters. The highest BCUT2D eigenvalue weighted by Crippen LogP contribution is 2.16. The highest BCUT2D eigenvalue weighted by atomic mass is 79.9. The maximum atomic E-state index is 11.7. The van der Waals surface area contributed by atoms with Crippen LogP contribution in [0.3, 0.4) is 0 Å². The fourth-order valence-corrected chi connectivity index (χ4v) is 1.80. The van der Waals surface area contributed by atoms with E-state index in [1.54, 1.807) is 38.1 Å². The number of imide groups is 1. The van der Waals surface area contributed by atoms with Gasteiger partial charge in [-0.2, -0.15) is 0 Å². The summed E-state index contributed by atoms with van der Waals surface area (Å²) in [7, 11) is 0. The molecule has 7 nitrogen and oxygen atoms in total. The van der Waals surface area contributed by atoms with Crippen molar-refractivity contribution in [1.82, 2.24) is 5.32 Å². The number of halogens is 1. The van der Waals surface area contributed by atoms with Crippen molar-refractivity contribution in [3.63, 3.8) is 0 Å². The van der Waals surface area contributed by atoms with Crippen LogP contribution in [0, 0.1) is 5.92 Å². The molecule has 0 aliphatic heterocycles. The minimum Gasteiger partial charge on any atom is -0.482 e. The summed E-state index contributed by atoms with van der Waals surface area (Å²) >= 11 is 3.28. The number of ether oxygens (including phenoxy) is 2. The van der Waals surface area contributed by atoms with Crippen molar-refractivity contribution < 1.29 is 23.9 Å². The summed E-state index contributed by atoms with van der Waals surface area (Å²) in [4.78, 5) is 34.1. The molecular formula is C14H17BrN2O5. The molecule has 0 bridgehead atoms. The predicted octanol–water partition coefficient (Wildman–Crippen LogP) is 1.59. The SMILES string of the molecule is CC(C)C(OC(=O)COc1ccc(Br)cc1)C(=O)NC(N)=O. The van der Waals surface area contributed by atoms with Gasteiger partial charge in [-0.05, 0) is 30.2 Å². The molecule has 1 aromatic rings. The lowest BCUT2D eigenvalue weighted by atomic mass is 10.1. The summed E-state index contributed by atoms with van der Waals surface area (Å²) in [6.45, 7) is 3.00. The number of nitrogens with one attached hydrogen (secondary N) is 1. The molecule has 1 atom stereocenters. The van der Waals surface area contributed by atoms with Crippen LogP contribution >= 0.6 is 15.9 Å². The second-order valence-electron chi connectivity index (χ2n) is 4.75. The maximum Gasteiger partial charge on any atom is 0.344 e. The first-order valence-electron chi connectivity index (χ1n) is 6.47. The van der Waals surface area contributed by atoms with Gasteiger partial charge in [0.05, 0.1) is 0 Å². The second-order valence-corrected chi connectivity index (χ2v) is 5.67. The van der Waals surface area contributed by atoms with E-state index < -0.39 is 24.0 Å². The zero-order chi connectivity index (χ0) is 16.7. The third kappa shape index (κ3) is 6.13. The van der Waals surface area contributed by atoms with Crippen molar-refractivity contribution in [2.45, 2.75) is 20.0 Å². The number of esters is 1. The lowest BCUT2D eigenvalue weighted by molar-refractivity contribution is -0.160. The minimum atomic E-state index is -1.12. The molecule has 120 valence electrons. The zero-order valence-corrected chi connectivity index (χ0v) is 13.8. The average Bonchev–Trinajstić information content (AvgIpc) is 2.43. The lowest BCUT2D eigenvalue weighted by Gasteiger charge is -2.19. The smallest absolute Gasteiger partial charge is 0.344 e. The number of amides is 3. The number of urea groups is 1. The Labute approximate surface area is 136 Å². The first-order chi connectivity index (χ1) is 10.3. The van der Waals surface area contributed by atoms with Gasteiger partial charge in [0.25, 0.3) is 5.91 Å². The Morgan fingerprint density at radius 2 is 1.82 bits per heavy atom. The Balaban J connectivity index is 2.54. The highest BCUT2D eigenvalue weighted by molar-refractivity contribution is 9.10. The van der Waals surface area contributed by atoms with Crippen LogP contribution in [0.4, 0.5) is 4.79 Å². The molecule has 3 N–H and O–H groups in total. The quantitative estimate of drug-likeness (QED) is 0.737. The summed E-state index contributed by atoms with van der Waals surface area (Å²) in [5.41, 5.74) is 4.87. The van der Waals surface area contributed by atoms with E-state index in [2.05, 4.69) is 15.9 Å². The fourth-order valence-electron chi connectivity index (χ4n) is 1.53. The molecule has 0 aliphatic rings. The number of benzene rings is 1. The van der Waals surface area contributed by atoms with Crippen molar-refractivity contribution in [2.24, 2.45) is 11.7 Å². The number of hydrogen-bond donors (Lipinski definition) is 2. The van der Waals surface area contributed by atoms with Gasteiger partial charge in [-0.1, -0.05) is 29.8 Å². The number of nitrogens with two attached hydrogens (primary N) is 1. The predicted molar refractivity (Wildman–Crippen MR) is 82.1 cm³/mol. The van der Waals surface area contributed by atoms with Crippen LogP contribution in [0.1, 0.15) is 13.8 Å². The van der Waals surface area contributed by atoms with Crippen LogP contribution in [0.2, 0.25) is 0 Å². The Bertz CT molecular complexity index is 545. The number of carbonyl (C=O) groups is 3. The number of hydrogen-bond acceptors (Lipinski definition) is 5. The number of primary amides is 1. The molecule has 3 amide bonds. The lowest BCUT2D eigenvalue weighted by Crippen LogP contribution is -2.46. The molecule has 0 saturated heterocycles. The molecule has 0 aliphatic carbocycles. The molecule has 0 aromatic heterocycles. The van der Waals surface area contributed by atoms with Crippen LogP contribution in [0.15, 0.2) is 28.7 Å². The van der Waals surface area contributed by atoms with Crippen LogP contribution in [-0.2, 0) is 14.3 Å². The van der Waals surface area contributed by atoms with Crippen molar-refractivity contribution >= 4 is 33.8 Å².